The Labute approximate surface area is 191 Å². The second-order valence-corrected chi connectivity index (χ2v) is 13.0. The van der Waals surface area contributed by atoms with Crippen LogP contribution in [0.3, 0.4) is 0 Å². The Kier molecular flexibility index (Phi) is 5.53. The van der Waals surface area contributed by atoms with E-state index in [1.165, 1.54) is 77.4 Å². The Morgan fingerprint density at radius 3 is 2.52 bits per heavy atom. The van der Waals surface area contributed by atoms with E-state index in [0.29, 0.717) is 16.7 Å². The highest BCUT2D eigenvalue weighted by atomic mass is 16.3. The minimum atomic E-state index is -0.131. The van der Waals surface area contributed by atoms with Crippen LogP contribution in [-0.4, -0.2) is 35.7 Å². The number of nitrogens with zero attached hydrogens (tertiary/aromatic N) is 1. The number of hydrogen-bond acceptors (Lipinski definition) is 2. The summed E-state index contributed by atoms with van der Waals surface area (Å²) in [5.41, 5.74) is 6.08. The van der Waals surface area contributed by atoms with Gasteiger partial charge in [-0.3, -0.25) is 0 Å². The van der Waals surface area contributed by atoms with E-state index in [0.717, 1.165) is 18.3 Å². The Hall–Kier alpha value is -0.600. The largest absolute Gasteiger partial charge is 0.393 e. The predicted octanol–water partition coefficient (Wildman–Crippen LogP) is 6.75. The second kappa shape index (κ2) is 7.73. The van der Waals surface area contributed by atoms with Crippen LogP contribution in [0.15, 0.2) is 22.8 Å². The minimum Gasteiger partial charge on any atom is -0.393 e. The third kappa shape index (κ3) is 3.33. The normalized spacial score (nSPS) is 43.3. The van der Waals surface area contributed by atoms with Gasteiger partial charge in [-0.25, -0.2) is 0 Å². The molecule has 0 unspecified atom stereocenters. The summed E-state index contributed by atoms with van der Waals surface area (Å²) in [6.45, 7) is 16.4. The van der Waals surface area contributed by atoms with Crippen molar-refractivity contribution in [2.45, 2.75) is 105 Å². The molecule has 1 saturated carbocycles. The first-order valence-electron chi connectivity index (χ1n) is 13.5. The van der Waals surface area contributed by atoms with Gasteiger partial charge < -0.3 is 10.0 Å². The Morgan fingerprint density at radius 1 is 1.03 bits per heavy atom. The Bertz CT molecular complexity index is 772. The van der Waals surface area contributed by atoms with E-state index in [1.807, 2.05) is 0 Å². The monoisotopic (exact) mass is 425 g/mol. The number of aliphatic hydroxyl groups excluding tert-OH is 1. The van der Waals surface area contributed by atoms with Crippen LogP contribution >= 0.6 is 0 Å². The number of aliphatic hydroxyl groups is 1. The maximum atomic E-state index is 10.8. The average Bonchev–Trinajstić information content (AvgIpc) is 3.36. The van der Waals surface area contributed by atoms with Crippen LogP contribution in [0.4, 0.5) is 0 Å². The number of likely N-dealkylation sites (tertiary alicyclic amines) is 1. The van der Waals surface area contributed by atoms with Gasteiger partial charge >= 0.3 is 0 Å². The van der Waals surface area contributed by atoms with Crippen molar-refractivity contribution < 1.29 is 5.11 Å². The summed E-state index contributed by atoms with van der Waals surface area (Å²) < 4.78 is 0. The number of rotatable bonds is 4. The van der Waals surface area contributed by atoms with Gasteiger partial charge in [-0.15, -0.1) is 0 Å². The molecule has 0 spiro atoms. The first-order valence-corrected chi connectivity index (χ1v) is 13.5. The van der Waals surface area contributed by atoms with Gasteiger partial charge in [-0.1, -0.05) is 46.3 Å². The van der Waals surface area contributed by atoms with Crippen molar-refractivity contribution in [3.8, 4) is 0 Å². The van der Waals surface area contributed by atoms with Crippen LogP contribution in [-0.2, 0) is 0 Å². The zero-order valence-corrected chi connectivity index (χ0v) is 21.0. The smallest absolute Gasteiger partial charge is 0.0594 e. The molecule has 1 heterocycles. The van der Waals surface area contributed by atoms with Crippen LogP contribution in [0, 0.1) is 34.0 Å². The summed E-state index contributed by atoms with van der Waals surface area (Å²) in [5.74, 6) is 2.27. The quantitative estimate of drug-likeness (QED) is 0.538. The van der Waals surface area contributed by atoms with Crippen molar-refractivity contribution in [2.75, 3.05) is 19.6 Å². The highest BCUT2D eigenvalue weighted by Gasteiger charge is 2.57. The lowest BCUT2D eigenvalue weighted by molar-refractivity contribution is -0.0905. The molecule has 5 rings (SSSR count). The van der Waals surface area contributed by atoms with Crippen LogP contribution in [0.5, 0.6) is 0 Å². The fraction of sp³-hybridized carbons (Fsp3) is 0.862. The van der Waals surface area contributed by atoms with Crippen molar-refractivity contribution in [1.82, 2.24) is 4.90 Å². The van der Waals surface area contributed by atoms with Crippen LogP contribution in [0.1, 0.15) is 98.8 Å². The summed E-state index contributed by atoms with van der Waals surface area (Å²) in [6, 6.07) is 0. The van der Waals surface area contributed by atoms with Crippen LogP contribution in [0.2, 0.25) is 0 Å². The van der Waals surface area contributed by atoms with Gasteiger partial charge in [0.05, 0.1) is 6.10 Å². The molecule has 174 valence electrons. The molecule has 6 atom stereocenters. The topological polar surface area (TPSA) is 23.5 Å². The first kappa shape index (κ1) is 22.2. The Balaban J connectivity index is 1.37. The van der Waals surface area contributed by atoms with Crippen LogP contribution in [0.25, 0.3) is 0 Å². The van der Waals surface area contributed by atoms with Gasteiger partial charge in [0.1, 0.15) is 0 Å². The summed E-state index contributed by atoms with van der Waals surface area (Å²) in [7, 11) is 0. The van der Waals surface area contributed by atoms with Crippen molar-refractivity contribution in [2.24, 2.45) is 34.0 Å². The summed E-state index contributed by atoms with van der Waals surface area (Å²) in [5, 5.41) is 10.8. The molecule has 31 heavy (non-hydrogen) atoms. The maximum absolute atomic E-state index is 10.8. The first-order chi connectivity index (χ1) is 14.7. The zero-order valence-electron chi connectivity index (χ0n) is 21.0. The molecule has 1 aliphatic heterocycles. The molecule has 0 bridgehead atoms. The van der Waals surface area contributed by atoms with Crippen molar-refractivity contribution in [1.29, 1.82) is 0 Å². The van der Waals surface area contributed by atoms with E-state index in [4.69, 9.17) is 0 Å². The molecule has 0 amide bonds. The van der Waals surface area contributed by atoms with Gasteiger partial charge in [-0.05, 0) is 129 Å². The SMILES string of the molecule is C[C@H](CCN1CCCC1)[C@H]1CC=C2C3=C(CC[C@@]21C)[C@@]1(C)CC[C@H](O)C(C)(C)[C@@H]1CC3. The van der Waals surface area contributed by atoms with Gasteiger partial charge in [0, 0.05) is 0 Å². The maximum Gasteiger partial charge on any atom is 0.0594 e. The second-order valence-electron chi connectivity index (χ2n) is 13.0. The summed E-state index contributed by atoms with van der Waals surface area (Å²) in [6.07, 6.45) is 15.4. The molecular formula is C29H47NO. The molecule has 0 aromatic rings. The number of fused-ring (bicyclic) bond motifs is 4. The molecule has 5 aliphatic rings. The molecule has 4 aliphatic carbocycles. The lowest BCUT2D eigenvalue weighted by Gasteiger charge is -2.59. The molecule has 1 saturated heterocycles. The van der Waals surface area contributed by atoms with Gasteiger partial charge in [0.15, 0.2) is 0 Å². The fourth-order valence-corrected chi connectivity index (χ4v) is 9.17. The minimum absolute atomic E-state index is 0.0446. The average molecular weight is 426 g/mol. The van der Waals surface area contributed by atoms with Gasteiger partial charge in [0.25, 0.3) is 0 Å². The lowest BCUT2D eigenvalue weighted by Crippen LogP contribution is -2.53. The number of allylic oxidation sites excluding steroid dienone is 4. The summed E-state index contributed by atoms with van der Waals surface area (Å²) in [4.78, 5) is 2.70. The number of hydrogen-bond donors (Lipinski definition) is 1. The molecule has 2 heteroatoms. The van der Waals surface area contributed by atoms with E-state index in [9.17, 15) is 5.11 Å². The standard InChI is InChI=1S/C29H47NO/c1-20(14-19-30-17-6-7-18-30)22-9-10-23-21-8-11-25-27(2,3)26(31)13-16-29(25,5)24(21)12-15-28(22,23)4/h10,20,22,25-26,31H,6-9,11-19H2,1-5H3/t20-,22-,25+,26+,28-,29-/m1/s1. The van der Waals surface area contributed by atoms with Gasteiger partial charge in [0.2, 0.25) is 0 Å². The highest BCUT2D eigenvalue weighted by molar-refractivity contribution is 5.49. The fourth-order valence-electron chi connectivity index (χ4n) is 9.17. The van der Waals surface area contributed by atoms with Crippen molar-refractivity contribution >= 4 is 0 Å². The van der Waals surface area contributed by atoms with E-state index in [1.54, 1.807) is 16.7 Å². The molecule has 0 aromatic carbocycles. The van der Waals surface area contributed by atoms with E-state index < -0.39 is 0 Å². The third-order valence-corrected chi connectivity index (χ3v) is 11.2. The zero-order chi connectivity index (χ0) is 22.0. The highest BCUT2D eigenvalue weighted by Crippen LogP contribution is 2.66. The lowest BCUT2D eigenvalue weighted by atomic mass is 9.46. The van der Waals surface area contributed by atoms with Gasteiger partial charge in [-0.2, -0.15) is 0 Å². The molecular weight excluding hydrogens is 378 g/mol. The van der Waals surface area contributed by atoms with Crippen molar-refractivity contribution in [3.63, 3.8) is 0 Å². The molecule has 1 N–H and O–H groups in total. The third-order valence-electron chi connectivity index (χ3n) is 11.2. The molecule has 2 nitrogen and oxygen atoms in total. The van der Waals surface area contributed by atoms with Crippen LogP contribution < -0.4 is 0 Å². The molecule has 0 aromatic heterocycles. The summed E-state index contributed by atoms with van der Waals surface area (Å²) >= 11 is 0. The molecule has 2 fully saturated rings. The molecule has 0 radical (unpaired) electrons. The van der Waals surface area contributed by atoms with E-state index >= 15 is 0 Å². The van der Waals surface area contributed by atoms with E-state index in [-0.39, 0.29) is 11.5 Å². The van der Waals surface area contributed by atoms with Crippen molar-refractivity contribution in [3.05, 3.63) is 22.8 Å². The Morgan fingerprint density at radius 2 is 1.77 bits per heavy atom. The van der Waals surface area contributed by atoms with E-state index in [2.05, 4.69) is 45.6 Å². The predicted molar refractivity (Wildman–Crippen MR) is 130 cm³/mol.